The smallest absolute Gasteiger partial charge is 0.262 e. The summed E-state index contributed by atoms with van der Waals surface area (Å²) >= 11 is 0. The predicted molar refractivity (Wildman–Crippen MR) is 119 cm³/mol. The van der Waals surface area contributed by atoms with Gasteiger partial charge in [0.15, 0.2) is 9.84 Å². The number of anilines is 1. The van der Waals surface area contributed by atoms with Gasteiger partial charge in [0.1, 0.15) is 10.6 Å². The van der Waals surface area contributed by atoms with Gasteiger partial charge < -0.3 is 10.1 Å². The average molecular weight is 476 g/mol. The fraction of sp³-hybridized carbons (Fsp3) is 0.143. The number of ether oxygens (including phenoxy) is 1. The molecule has 2 N–H and O–H groups in total. The van der Waals surface area contributed by atoms with Gasteiger partial charge in [0.05, 0.1) is 35.6 Å². The number of hydrogen-bond donors (Lipinski definition) is 2. The second-order valence-corrected chi connectivity index (χ2v) is 10.5. The number of amides is 1. The Kier molecular flexibility index (Phi) is 6.80. The molecule has 0 fully saturated rings. The minimum Gasteiger partial charge on any atom is -0.495 e. The Labute approximate surface area is 186 Å². The van der Waals surface area contributed by atoms with Gasteiger partial charge in [-0.05, 0) is 29.8 Å². The Balaban J connectivity index is 1.78. The molecule has 1 heterocycles. The number of nitrogens with zero attached hydrogens (tertiary/aromatic N) is 1. The second-order valence-electron chi connectivity index (χ2n) is 6.81. The summed E-state index contributed by atoms with van der Waals surface area (Å²) in [6.45, 7) is 0.0878. The van der Waals surface area contributed by atoms with Crippen LogP contribution in [0.15, 0.2) is 76.8 Å². The lowest BCUT2D eigenvalue weighted by Crippen LogP contribution is -2.26. The van der Waals surface area contributed by atoms with E-state index in [2.05, 4.69) is 15.0 Å². The highest BCUT2D eigenvalue weighted by Crippen LogP contribution is 2.22. The molecule has 0 bridgehead atoms. The maximum atomic E-state index is 12.9. The van der Waals surface area contributed by atoms with Crippen molar-refractivity contribution < 1.29 is 26.4 Å². The zero-order chi connectivity index (χ0) is 23.4. The molecular weight excluding hydrogens is 454 g/mol. The van der Waals surface area contributed by atoms with Gasteiger partial charge >= 0.3 is 0 Å². The summed E-state index contributed by atoms with van der Waals surface area (Å²) in [6, 6.07) is 13.3. The van der Waals surface area contributed by atoms with Crippen molar-refractivity contribution >= 4 is 31.5 Å². The number of carbonyl (C=O) groups is 1. The summed E-state index contributed by atoms with van der Waals surface area (Å²) in [6.07, 6.45) is 3.86. The molecule has 0 unspecified atom stereocenters. The van der Waals surface area contributed by atoms with E-state index in [1.807, 2.05) is 0 Å². The van der Waals surface area contributed by atoms with Crippen LogP contribution in [0.25, 0.3) is 0 Å². The molecule has 0 atom stereocenters. The summed E-state index contributed by atoms with van der Waals surface area (Å²) in [5.74, 6) is -0.222. The highest BCUT2D eigenvalue weighted by Gasteiger charge is 2.22. The number of sulfonamides is 1. The molecule has 168 valence electrons. The lowest BCUT2D eigenvalue weighted by Gasteiger charge is -2.13. The Morgan fingerprint density at radius 1 is 1.00 bits per heavy atom. The second kappa shape index (κ2) is 9.37. The Hall–Kier alpha value is -3.44. The van der Waals surface area contributed by atoms with E-state index in [0.717, 1.165) is 6.26 Å². The van der Waals surface area contributed by atoms with Crippen molar-refractivity contribution in [2.75, 3.05) is 18.1 Å². The molecule has 0 spiro atoms. The molecule has 32 heavy (non-hydrogen) atoms. The first-order chi connectivity index (χ1) is 15.1. The Morgan fingerprint density at radius 2 is 1.69 bits per heavy atom. The van der Waals surface area contributed by atoms with Gasteiger partial charge in [-0.3, -0.25) is 14.5 Å². The first-order valence-electron chi connectivity index (χ1n) is 9.28. The fourth-order valence-corrected chi connectivity index (χ4v) is 4.69. The summed E-state index contributed by atoms with van der Waals surface area (Å²) < 4.78 is 56.4. The van der Waals surface area contributed by atoms with Gasteiger partial charge in [-0.15, -0.1) is 0 Å². The predicted octanol–water partition coefficient (Wildman–Crippen LogP) is 2.22. The minimum atomic E-state index is -4.09. The Morgan fingerprint density at radius 3 is 2.34 bits per heavy atom. The molecule has 0 saturated carbocycles. The number of nitrogens with one attached hydrogen (secondary N) is 2. The summed E-state index contributed by atoms with van der Waals surface area (Å²) in [7, 11) is -5.98. The van der Waals surface area contributed by atoms with E-state index in [-0.39, 0.29) is 27.6 Å². The molecule has 0 aliphatic rings. The zero-order valence-corrected chi connectivity index (χ0v) is 18.9. The Bertz CT molecular complexity index is 1340. The van der Waals surface area contributed by atoms with Gasteiger partial charge in [-0.1, -0.05) is 24.3 Å². The number of carbonyl (C=O) groups excluding carboxylic acids is 1. The van der Waals surface area contributed by atoms with E-state index >= 15 is 0 Å². The molecule has 0 saturated heterocycles. The van der Waals surface area contributed by atoms with E-state index in [4.69, 9.17) is 4.74 Å². The summed E-state index contributed by atoms with van der Waals surface area (Å²) in [5.41, 5.74) is 0.806. The summed E-state index contributed by atoms with van der Waals surface area (Å²) in [4.78, 5) is 16.6. The van der Waals surface area contributed by atoms with Crippen molar-refractivity contribution in [1.82, 2.24) is 10.3 Å². The maximum absolute atomic E-state index is 12.9. The number of aromatic nitrogens is 1. The third-order valence-corrected chi connectivity index (χ3v) is 6.99. The van der Waals surface area contributed by atoms with Crippen molar-refractivity contribution in [3.8, 4) is 5.75 Å². The number of hydrogen-bond acceptors (Lipinski definition) is 7. The highest BCUT2D eigenvalue weighted by molar-refractivity contribution is 7.92. The highest BCUT2D eigenvalue weighted by atomic mass is 32.2. The van der Waals surface area contributed by atoms with E-state index in [9.17, 15) is 21.6 Å². The van der Waals surface area contributed by atoms with Gasteiger partial charge in [0.2, 0.25) is 0 Å². The van der Waals surface area contributed by atoms with Crippen LogP contribution >= 0.6 is 0 Å². The molecule has 3 rings (SSSR count). The fourth-order valence-electron chi connectivity index (χ4n) is 2.82. The van der Waals surface area contributed by atoms with Crippen LogP contribution in [0.5, 0.6) is 5.75 Å². The van der Waals surface area contributed by atoms with Crippen molar-refractivity contribution in [3.63, 3.8) is 0 Å². The van der Waals surface area contributed by atoms with Gasteiger partial charge in [-0.2, -0.15) is 0 Å². The third kappa shape index (κ3) is 5.62. The van der Waals surface area contributed by atoms with Crippen molar-refractivity contribution in [3.05, 3.63) is 78.1 Å². The first-order valence-corrected chi connectivity index (χ1v) is 12.7. The SMILES string of the molecule is COc1cncc(NS(=O)(=O)c2ccccc2C(=O)NCc2ccc(S(C)(=O)=O)cc2)c1. The van der Waals surface area contributed by atoms with Crippen LogP contribution in [-0.4, -0.2) is 41.1 Å². The van der Waals surface area contributed by atoms with E-state index in [1.54, 1.807) is 18.2 Å². The molecule has 11 heteroatoms. The van der Waals surface area contributed by atoms with Crippen LogP contribution in [0.2, 0.25) is 0 Å². The quantitative estimate of drug-likeness (QED) is 0.511. The lowest BCUT2D eigenvalue weighted by atomic mass is 10.2. The molecule has 2 aromatic carbocycles. The van der Waals surface area contributed by atoms with Crippen molar-refractivity contribution in [1.29, 1.82) is 0 Å². The van der Waals surface area contributed by atoms with Crippen LogP contribution in [0.4, 0.5) is 5.69 Å². The van der Waals surface area contributed by atoms with Crippen LogP contribution < -0.4 is 14.8 Å². The number of benzene rings is 2. The van der Waals surface area contributed by atoms with Gasteiger partial charge in [0.25, 0.3) is 15.9 Å². The molecule has 1 aromatic heterocycles. The number of pyridine rings is 1. The van der Waals surface area contributed by atoms with Crippen molar-refractivity contribution in [2.24, 2.45) is 0 Å². The van der Waals surface area contributed by atoms with Crippen LogP contribution in [0, 0.1) is 0 Å². The minimum absolute atomic E-state index is 0.0383. The average Bonchev–Trinajstić information content (AvgIpc) is 2.77. The van der Waals surface area contributed by atoms with E-state index in [0.29, 0.717) is 11.3 Å². The molecule has 0 radical (unpaired) electrons. The molecular formula is C21H21N3O6S2. The monoisotopic (exact) mass is 475 g/mol. The third-order valence-electron chi connectivity index (χ3n) is 4.43. The summed E-state index contributed by atoms with van der Waals surface area (Å²) in [5, 5.41) is 2.66. The van der Waals surface area contributed by atoms with E-state index in [1.165, 1.54) is 55.9 Å². The number of rotatable bonds is 8. The van der Waals surface area contributed by atoms with Crippen molar-refractivity contribution in [2.45, 2.75) is 16.3 Å². The largest absolute Gasteiger partial charge is 0.495 e. The van der Waals surface area contributed by atoms with Gasteiger partial charge in [0, 0.05) is 18.9 Å². The zero-order valence-electron chi connectivity index (χ0n) is 17.3. The van der Waals surface area contributed by atoms with Crippen LogP contribution in [-0.2, 0) is 26.4 Å². The molecule has 0 aliphatic carbocycles. The van der Waals surface area contributed by atoms with Crippen LogP contribution in [0.3, 0.4) is 0 Å². The maximum Gasteiger partial charge on any atom is 0.262 e. The number of sulfone groups is 1. The van der Waals surface area contributed by atoms with E-state index < -0.39 is 25.8 Å². The first kappa shape index (κ1) is 23.2. The van der Waals surface area contributed by atoms with Gasteiger partial charge in [-0.25, -0.2) is 16.8 Å². The normalized spacial score (nSPS) is 11.6. The molecule has 9 nitrogen and oxygen atoms in total. The van der Waals surface area contributed by atoms with Crippen LogP contribution in [0.1, 0.15) is 15.9 Å². The topological polar surface area (TPSA) is 132 Å². The lowest BCUT2D eigenvalue weighted by molar-refractivity contribution is 0.0947. The standard InChI is InChI=1S/C21H21N3O6S2/c1-30-17-11-16(13-22-14-17)24-32(28,29)20-6-4-3-5-19(20)21(25)23-12-15-7-9-18(10-8-15)31(2,26)27/h3-11,13-14,24H,12H2,1-2H3,(H,23,25). The molecule has 1 amide bonds. The molecule has 3 aromatic rings. The molecule has 0 aliphatic heterocycles. The number of methoxy groups -OCH3 is 1.